The van der Waals surface area contributed by atoms with E-state index in [1.807, 2.05) is 0 Å². The second kappa shape index (κ2) is 8.39. The highest BCUT2D eigenvalue weighted by Crippen LogP contribution is 2.24. The Labute approximate surface area is 156 Å². The second-order valence-electron chi connectivity index (χ2n) is 6.21. The Morgan fingerprint density at radius 2 is 2.00 bits per heavy atom. The lowest BCUT2D eigenvalue weighted by Crippen LogP contribution is -2.42. The van der Waals surface area contributed by atoms with Crippen LogP contribution in [0.5, 0.6) is 17.2 Å². The summed E-state index contributed by atoms with van der Waals surface area (Å²) in [4.78, 5) is 29.5. The van der Waals surface area contributed by atoms with Crippen molar-refractivity contribution < 1.29 is 24.2 Å². The molecule has 0 unspecified atom stereocenters. The number of benzene rings is 1. The van der Waals surface area contributed by atoms with E-state index in [2.05, 4.69) is 4.98 Å². The van der Waals surface area contributed by atoms with E-state index in [-0.39, 0.29) is 35.8 Å². The third kappa shape index (κ3) is 4.87. The number of likely N-dealkylation sites (tertiary alicyclic amines) is 1. The summed E-state index contributed by atoms with van der Waals surface area (Å²) in [6.07, 6.45) is 2.78. The number of primary amides is 1. The minimum atomic E-state index is -0.623. The van der Waals surface area contributed by atoms with Crippen LogP contribution in [0.4, 0.5) is 0 Å². The third-order valence-corrected chi connectivity index (χ3v) is 4.19. The molecule has 2 amide bonds. The number of rotatable bonds is 6. The maximum absolute atomic E-state index is 12.8. The first-order valence-corrected chi connectivity index (χ1v) is 8.64. The average Bonchev–Trinajstić information content (AvgIpc) is 2.67. The first kappa shape index (κ1) is 18.5. The molecule has 0 radical (unpaired) electrons. The molecule has 1 saturated heterocycles. The molecular formula is C19H21N3O5. The summed E-state index contributed by atoms with van der Waals surface area (Å²) in [5, 5.41) is 9.51. The van der Waals surface area contributed by atoms with Crippen LogP contribution in [0, 0.1) is 0 Å². The number of hydrogen-bond acceptors (Lipinski definition) is 6. The Balaban J connectivity index is 1.59. The summed E-state index contributed by atoms with van der Waals surface area (Å²) in [6.45, 7) is 0.702. The Kier molecular flexibility index (Phi) is 5.75. The molecule has 3 N–H and O–H groups in total. The van der Waals surface area contributed by atoms with Crippen molar-refractivity contribution in [3.63, 3.8) is 0 Å². The summed E-state index contributed by atoms with van der Waals surface area (Å²) >= 11 is 0. The lowest BCUT2D eigenvalue weighted by atomic mass is 10.1. The highest BCUT2D eigenvalue weighted by atomic mass is 16.5. The molecule has 0 spiro atoms. The van der Waals surface area contributed by atoms with Crippen LogP contribution in [-0.2, 0) is 4.79 Å². The number of carbonyl (C=O) groups is 2. The van der Waals surface area contributed by atoms with Gasteiger partial charge in [-0.25, -0.2) is 4.98 Å². The zero-order valence-corrected chi connectivity index (χ0v) is 14.7. The van der Waals surface area contributed by atoms with Crippen molar-refractivity contribution in [2.75, 3.05) is 19.7 Å². The van der Waals surface area contributed by atoms with E-state index in [1.54, 1.807) is 41.3 Å². The molecule has 8 nitrogen and oxygen atoms in total. The first-order valence-electron chi connectivity index (χ1n) is 8.64. The zero-order valence-electron chi connectivity index (χ0n) is 14.7. The fourth-order valence-corrected chi connectivity index (χ4v) is 2.89. The summed E-state index contributed by atoms with van der Waals surface area (Å²) < 4.78 is 11.2. The molecule has 1 aliphatic rings. The van der Waals surface area contributed by atoms with Gasteiger partial charge < -0.3 is 25.2 Å². The Hall–Kier alpha value is -3.29. The Bertz CT molecular complexity index is 818. The van der Waals surface area contributed by atoms with Crippen LogP contribution in [0.3, 0.4) is 0 Å². The number of phenols is 1. The molecule has 2 aromatic rings. The van der Waals surface area contributed by atoms with Gasteiger partial charge in [0.2, 0.25) is 0 Å². The molecule has 0 saturated carbocycles. The van der Waals surface area contributed by atoms with E-state index in [0.29, 0.717) is 31.7 Å². The predicted octanol–water partition coefficient (Wildman–Crippen LogP) is 1.33. The SMILES string of the molecule is NC(=O)COc1cccnc1C(=O)N1CCC(Oc2cccc(O)c2)CC1. The van der Waals surface area contributed by atoms with Gasteiger partial charge >= 0.3 is 0 Å². The summed E-state index contributed by atoms with van der Waals surface area (Å²) in [6, 6.07) is 9.86. The zero-order chi connectivity index (χ0) is 19.2. The highest BCUT2D eigenvalue weighted by molar-refractivity contribution is 5.95. The lowest BCUT2D eigenvalue weighted by Gasteiger charge is -2.32. The van der Waals surface area contributed by atoms with Gasteiger partial charge in [-0.15, -0.1) is 0 Å². The first-order chi connectivity index (χ1) is 13.0. The molecule has 0 aliphatic carbocycles. The average molecular weight is 371 g/mol. The number of ether oxygens (including phenoxy) is 2. The van der Waals surface area contributed by atoms with Crippen LogP contribution in [-0.4, -0.2) is 52.6 Å². The minimum absolute atomic E-state index is 0.0369. The summed E-state index contributed by atoms with van der Waals surface area (Å²) in [5.74, 6) is 0.109. The maximum Gasteiger partial charge on any atom is 0.276 e. The molecule has 1 aromatic heterocycles. The van der Waals surface area contributed by atoms with Crippen LogP contribution in [0.25, 0.3) is 0 Å². The van der Waals surface area contributed by atoms with Gasteiger partial charge in [0.1, 0.15) is 17.6 Å². The summed E-state index contributed by atoms with van der Waals surface area (Å²) in [5.41, 5.74) is 5.25. The van der Waals surface area contributed by atoms with Gasteiger partial charge in [-0.1, -0.05) is 6.07 Å². The van der Waals surface area contributed by atoms with E-state index in [0.717, 1.165) is 0 Å². The molecule has 8 heteroatoms. The van der Waals surface area contributed by atoms with Crippen molar-refractivity contribution >= 4 is 11.8 Å². The van der Waals surface area contributed by atoms with Gasteiger partial charge in [-0.3, -0.25) is 9.59 Å². The molecular weight excluding hydrogens is 350 g/mol. The topological polar surface area (TPSA) is 115 Å². The number of hydrogen-bond donors (Lipinski definition) is 2. The largest absolute Gasteiger partial charge is 0.508 e. The van der Waals surface area contributed by atoms with Crippen molar-refractivity contribution in [1.29, 1.82) is 0 Å². The van der Waals surface area contributed by atoms with Crippen molar-refractivity contribution in [1.82, 2.24) is 9.88 Å². The molecule has 1 aliphatic heterocycles. The van der Waals surface area contributed by atoms with E-state index in [9.17, 15) is 14.7 Å². The number of pyridine rings is 1. The van der Waals surface area contributed by atoms with E-state index in [4.69, 9.17) is 15.2 Å². The fourth-order valence-electron chi connectivity index (χ4n) is 2.89. The number of nitrogens with zero attached hydrogens (tertiary/aromatic N) is 2. The van der Waals surface area contributed by atoms with Crippen LogP contribution in [0.15, 0.2) is 42.6 Å². The smallest absolute Gasteiger partial charge is 0.276 e. The van der Waals surface area contributed by atoms with E-state index in [1.165, 1.54) is 6.20 Å². The quantitative estimate of drug-likeness (QED) is 0.792. The predicted molar refractivity (Wildman–Crippen MR) is 96.6 cm³/mol. The van der Waals surface area contributed by atoms with Crippen LogP contribution in [0.1, 0.15) is 23.3 Å². The molecule has 27 heavy (non-hydrogen) atoms. The van der Waals surface area contributed by atoms with Gasteiger partial charge in [0, 0.05) is 38.2 Å². The third-order valence-electron chi connectivity index (χ3n) is 4.19. The Morgan fingerprint density at radius 1 is 1.22 bits per heavy atom. The van der Waals surface area contributed by atoms with Gasteiger partial charge in [0.25, 0.3) is 11.8 Å². The number of phenolic OH excluding ortho intramolecular Hbond substituents is 1. The van der Waals surface area contributed by atoms with Gasteiger partial charge in [0.15, 0.2) is 18.1 Å². The maximum atomic E-state index is 12.8. The fraction of sp³-hybridized carbons (Fsp3) is 0.316. The van der Waals surface area contributed by atoms with Crippen molar-refractivity contribution in [3.05, 3.63) is 48.3 Å². The van der Waals surface area contributed by atoms with Gasteiger partial charge in [-0.05, 0) is 24.3 Å². The number of aromatic nitrogens is 1. The molecule has 3 rings (SSSR count). The molecule has 1 aromatic carbocycles. The normalized spacial score (nSPS) is 14.6. The van der Waals surface area contributed by atoms with Crippen molar-refractivity contribution in [2.45, 2.75) is 18.9 Å². The monoisotopic (exact) mass is 371 g/mol. The molecule has 142 valence electrons. The number of carbonyl (C=O) groups excluding carboxylic acids is 2. The molecule has 0 bridgehead atoms. The number of aromatic hydroxyl groups is 1. The lowest BCUT2D eigenvalue weighted by molar-refractivity contribution is -0.119. The standard InChI is InChI=1S/C19H21N3O5/c20-17(24)12-26-16-5-2-8-21-18(16)19(25)22-9-6-14(7-10-22)27-15-4-1-3-13(23)11-15/h1-5,8,11,14,23H,6-7,9-10,12H2,(H2,20,24). The number of piperidine rings is 1. The minimum Gasteiger partial charge on any atom is -0.508 e. The summed E-state index contributed by atoms with van der Waals surface area (Å²) in [7, 11) is 0. The van der Waals surface area contributed by atoms with E-state index < -0.39 is 5.91 Å². The second-order valence-corrected chi connectivity index (χ2v) is 6.21. The van der Waals surface area contributed by atoms with Crippen LogP contribution < -0.4 is 15.2 Å². The van der Waals surface area contributed by atoms with Crippen LogP contribution in [0.2, 0.25) is 0 Å². The van der Waals surface area contributed by atoms with Gasteiger partial charge in [-0.2, -0.15) is 0 Å². The van der Waals surface area contributed by atoms with Crippen molar-refractivity contribution in [3.8, 4) is 17.2 Å². The van der Waals surface area contributed by atoms with E-state index >= 15 is 0 Å². The van der Waals surface area contributed by atoms with Gasteiger partial charge in [0.05, 0.1) is 0 Å². The van der Waals surface area contributed by atoms with Crippen molar-refractivity contribution in [2.24, 2.45) is 5.73 Å². The molecule has 2 heterocycles. The Morgan fingerprint density at radius 3 is 2.70 bits per heavy atom. The highest BCUT2D eigenvalue weighted by Gasteiger charge is 2.27. The molecule has 0 atom stereocenters. The van der Waals surface area contributed by atoms with Crippen LogP contribution >= 0.6 is 0 Å². The number of amides is 2. The number of nitrogens with two attached hydrogens (primary N) is 1. The molecule has 1 fully saturated rings.